The van der Waals surface area contributed by atoms with Gasteiger partial charge < -0.3 is 9.52 Å². The third kappa shape index (κ3) is 3.75. The quantitative estimate of drug-likeness (QED) is 0.920. The van der Waals surface area contributed by atoms with Crippen LogP contribution < -0.4 is 0 Å². The molecule has 2 aromatic rings. The number of nitrogens with zero attached hydrogens (tertiary/aromatic N) is 3. The van der Waals surface area contributed by atoms with E-state index < -0.39 is 0 Å². The molecule has 1 saturated carbocycles. The van der Waals surface area contributed by atoms with Crippen molar-refractivity contribution in [3.8, 4) is 11.5 Å². The summed E-state index contributed by atoms with van der Waals surface area (Å²) in [6, 6.07) is 6.44. The second-order valence-corrected chi connectivity index (χ2v) is 7.29. The smallest absolute Gasteiger partial charge is 0.247 e. The van der Waals surface area contributed by atoms with Crippen LogP contribution in [0.25, 0.3) is 11.5 Å². The van der Waals surface area contributed by atoms with Crippen LogP contribution in [-0.2, 0) is 6.54 Å². The van der Waals surface area contributed by atoms with E-state index in [1.165, 1.54) is 44.2 Å². The van der Waals surface area contributed by atoms with Gasteiger partial charge in [0.1, 0.15) is 5.82 Å². The van der Waals surface area contributed by atoms with Crippen molar-refractivity contribution in [2.75, 3.05) is 6.54 Å². The molecule has 5 nitrogen and oxygen atoms in total. The van der Waals surface area contributed by atoms with E-state index in [0.29, 0.717) is 42.4 Å². The van der Waals surface area contributed by atoms with Gasteiger partial charge in [-0.25, -0.2) is 4.39 Å². The fourth-order valence-corrected chi connectivity index (χ4v) is 4.30. The van der Waals surface area contributed by atoms with Crippen molar-refractivity contribution in [1.82, 2.24) is 15.1 Å². The molecule has 2 atom stereocenters. The molecule has 2 fully saturated rings. The second-order valence-electron chi connectivity index (χ2n) is 7.29. The van der Waals surface area contributed by atoms with E-state index in [1.54, 1.807) is 12.1 Å². The van der Waals surface area contributed by atoms with E-state index in [9.17, 15) is 9.50 Å². The van der Waals surface area contributed by atoms with Crippen LogP contribution in [0.1, 0.15) is 44.4 Å². The van der Waals surface area contributed by atoms with Gasteiger partial charge in [0.25, 0.3) is 0 Å². The minimum atomic E-state index is -0.287. The molecule has 6 heteroatoms. The molecule has 1 saturated heterocycles. The molecule has 1 N–H and O–H groups in total. The Morgan fingerprint density at radius 2 is 1.88 bits per heavy atom. The SMILES string of the molecule is O[C@@H]1C[C@@H](C2CCCCC2)N(Cc2nnc(-c3ccc(F)cc3)o2)C1. The number of aromatic nitrogens is 2. The number of aliphatic hydroxyl groups is 1. The Bertz CT molecular complexity index is 697. The number of hydrogen-bond donors (Lipinski definition) is 1. The van der Waals surface area contributed by atoms with Gasteiger partial charge in [0.2, 0.25) is 11.8 Å². The molecule has 25 heavy (non-hydrogen) atoms. The van der Waals surface area contributed by atoms with Gasteiger partial charge in [-0.15, -0.1) is 10.2 Å². The van der Waals surface area contributed by atoms with Crippen molar-refractivity contribution in [3.63, 3.8) is 0 Å². The number of benzene rings is 1. The lowest BCUT2D eigenvalue weighted by molar-refractivity contribution is 0.137. The predicted molar refractivity (Wildman–Crippen MR) is 91.1 cm³/mol. The molecular weight excluding hydrogens is 321 g/mol. The first kappa shape index (κ1) is 16.7. The Morgan fingerprint density at radius 1 is 1.12 bits per heavy atom. The minimum Gasteiger partial charge on any atom is -0.419 e. The fourth-order valence-electron chi connectivity index (χ4n) is 4.30. The maximum absolute atomic E-state index is 13.0. The zero-order chi connectivity index (χ0) is 17.2. The third-order valence-electron chi connectivity index (χ3n) is 5.52. The monoisotopic (exact) mass is 345 g/mol. The van der Waals surface area contributed by atoms with Crippen molar-refractivity contribution in [2.45, 2.75) is 57.2 Å². The lowest BCUT2D eigenvalue weighted by atomic mass is 9.83. The highest BCUT2D eigenvalue weighted by atomic mass is 19.1. The number of β-amino-alcohol motifs (C(OH)–C–C–N with tert-alkyl or cyclic N) is 1. The van der Waals surface area contributed by atoms with Crippen LogP contribution in [0, 0.1) is 11.7 Å². The molecule has 4 rings (SSSR count). The highest BCUT2D eigenvalue weighted by Gasteiger charge is 2.37. The van der Waals surface area contributed by atoms with Gasteiger partial charge in [-0.1, -0.05) is 19.3 Å². The Balaban J connectivity index is 1.46. The first-order valence-corrected chi connectivity index (χ1v) is 9.19. The molecule has 0 radical (unpaired) electrons. The summed E-state index contributed by atoms with van der Waals surface area (Å²) in [6.45, 7) is 1.22. The van der Waals surface area contributed by atoms with E-state index in [0.717, 1.165) is 6.42 Å². The van der Waals surface area contributed by atoms with Crippen LogP contribution in [0.2, 0.25) is 0 Å². The van der Waals surface area contributed by atoms with Gasteiger partial charge in [0.15, 0.2) is 0 Å². The normalized spacial score (nSPS) is 25.5. The van der Waals surface area contributed by atoms with Crippen molar-refractivity contribution >= 4 is 0 Å². The lowest BCUT2D eigenvalue weighted by Gasteiger charge is -2.33. The molecule has 0 spiro atoms. The van der Waals surface area contributed by atoms with E-state index in [1.807, 2.05) is 0 Å². The number of likely N-dealkylation sites (tertiary alicyclic amines) is 1. The summed E-state index contributed by atoms with van der Waals surface area (Å²) in [4.78, 5) is 2.29. The molecule has 2 heterocycles. The van der Waals surface area contributed by atoms with E-state index >= 15 is 0 Å². The highest BCUT2D eigenvalue weighted by molar-refractivity contribution is 5.51. The molecule has 0 bridgehead atoms. The average Bonchev–Trinajstić information content (AvgIpc) is 3.23. The van der Waals surface area contributed by atoms with Gasteiger partial charge in [0.05, 0.1) is 12.6 Å². The maximum atomic E-state index is 13.0. The molecule has 1 aliphatic heterocycles. The third-order valence-corrected chi connectivity index (χ3v) is 5.52. The van der Waals surface area contributed by atoms with Crippen LogP contribution >= 0.6 is 0 Å². The van der Waals surface area contributed by atoms with Crippen LogP contribution in [0.5, 0.6) is 0 Å². The zero-order valence-corrected chi connectivity index (χ0v) is 14.3. The van der Waals surface area contributed by atoms with Crippen molar-refractivity contribution in [2.24, 2.45) is 5.92 Å². The van der Waals surface area contributed by atoms with Crippen molar-refractivity contribution < 1.29 is 13.9 Å². The summed E-state index contributed by atoms with van der Waals surface area (Å²) < 4.78 is 18.8. The Kier molecular flexibility index (Phi) is 4.81. The van der Waals surface area contributed by atoms with Gasteiger partial charge in [-0.2, -0.15) is 0 Å². The molecule has 134 valence electrons. The summed E-state index contributed by atoms with van der Waals surface area (Å²) in [5.74, 6) is 1.33. The predicted octanol–water partition coefficient (Wildman–Crippen LogP) is 3.39. The van der Waals surface area contributed by atoms with Crippen molar-refractivity contribution in [3.05, 3.63) is 36.0 Å². The molecular formula is C19H24FN3O2. The minimum absolute atomic E-state index is 0.272. The molecule has 0 unspecified atom stereocenters. The van der Waals surface area contributed by atoms with Crippen LogP contribution in [0.15, 0.2) is 28.7 Å². The van der Waals surface area contributed by atoms with Gasteiger partial charge in [-0.3, -0.25) is 4.90 Å². The first-order valence-electron chi connectivity index (χ1n) is 9.19. The number of hydrogen-bond acceptors (Lipinski definition) is 5. The van der Waals surface area contributed by atoms with Crippen molar-refractivity contribution in [1.29, 1.82) is 0 Å². The molecule has 0 amide bonds. The Hall–Kier alpha value is -1.79. The highest BCUT2D eigenvalue weighted by Crippen LogP contribution is 2.35. The average molecular weight is 345 g/mol. The molecule has 2 aliphatic rings. The summed E-state index contributed by atoms with van der Waals surface area (Å²) in [5.41, 5.74) is 0.713. The van der Waals surface area contributed by atoms with E-state index in [2.05, 4.69) is 15.1 Å². The fraction of sp³-hybridized carbons (Fsp3) is 0.579. The van der Waals surface area contributed by atoms with Crippen LogP contribution in [-0.4, -0.2) is 38.9 Å². The summed E-state index contributed by atoms with van der Waals surface area (Å²) >= 11 is 0. The van der Waals surface area contributed by atoms with Crippen LogP contribution in [0.3, 0.4) is 0 Å². The largest absolute Gasteiger partial charge is 0.419 e. The summed E-state index contributed by atoms with van der Waals surface area (Å²) in [6.07, 6.45) is 6.98. The number of rotatable bonds is 4. The number of aliphatic hydroxyl groups excluding tert-OH is 1. The number of halogens is 1. The molecule has 1 aliphatic carbocycles. The lowest BCUT2D eigenvalue weighted by Crippen LogP contribution is -2.36. The second kappa shape index (κ2) is 7.22. The van der Waals surface area contributed by atoms with Gasteiger partial charge in [0, 0.05) is 18.2 Å². The standard InChI is InChI=1S/C19H24FN3O2/c20-15-8-6-14(7-9-15)19-22-21-18(25-19)12-23-11-16(24)10-17(23)13-4-2-1-3-5-13/h6-9,13,16-17,24H,1-5,10-12H2/t16-,17+/m1/s1. The zero-order valence-electron chi connectivity index (χ0n) is 14.3. The first-order chi connectivity index (χ1) is 12.2. The topological polar surface area (TPSA) is 62.4 Å². The van der Waals surface area contributed by atoms with E-state index in [4.69, 9.17) is 4.42 Å². The summed E-state index contributed by atoms with van der Waals surface area (Å²) in [7, 11) is 0. The van der Waals surface area contributed by atoms with Crippen LogP contribution in [0.4, 0.5) is 4.39 Å². The Morgan fingerprint density at radius 3 is 2.64 bits per heavy atom. The van der Waals surface area contributed by atoms with Gasteiger partial charge in [-0.05, 0) is 49.4 Å². The summed E-state index contributed by atoms with van der Waals surface area (Å²) in [5, 5.41) is 18.4. The van der Waals surface area contributed by atoms with Gasteiger partial charge >= 0.3 is 0 Å². The Labute approximate surface area is 146 Å². The maximum Gasteiger partial charge on any atom is 0.247 e. The van der Waals surface area contributed by atoms with E-state index in [-0.39, 0.29) is 11.9 Å². The molecule has 1 aromatic heterocycles. The molecule has 1 aromatic carbocycles.